The summed E-state index contributed by atoms with van der Waals surface area (Å²) in [6.45, 7) is 7.45. The van der Waals surface area contributed by atoms with Crippen LogP contribution in [-0.4, -0.2) is 6.04 Å². The molecule has 0 radical (unpaired) electrons. The van der Waals surface area contributed by atoms with Gasteiger partial charge in [0.25, 0.3) is 0 Å². The van der Waals surface area contributed by atoms with Crippen LogP contribution in [0.15, 0.2) is 21.0 Å². The van der Waals surface area contributed by atoms with E-state index in [2.05, 4.69) is 54.2 Å². The van der Waals surface area contributed by atoms with Crippen LogP contribution in [0.25, 0.3) is 11.0 Å². The molecule has 2 nitrogen and oxygen atoms in total. The summed E-state index contributed by atoms with van der Waals surface area (Å²) in [4.78, 5) is 0. The molecule has 1 aliphatic carbocycles. The van der Waals surface area contributed by atoms with E-state index in [9.17, 15) is 0 Å². The van der Waals surface area contributed by atoms with Crippen molar-refractivity contribution in [1.82, 2.24) is 5.32 Å². The van der Waals surface area contributed by atoms with E-state index in [0.717, 1.165) is 22.4 Å². The molecule has 0 saturated heterocycles. The lowest BCUT2D eigenvalue weighted by Crippen LogP contribution is -2.15. The Kier molecular flexibility index (Phi) is 3.44. The highest BCUT2D eigenvalue weighted by molar-refractivity contribution is 9.10. The Morgan fingerprint density at radius 2 is 2.11 bits per heavy atom. The van der Waals surface area contributed by atoms with Crippen LogP contribution in [0, 0.1) is 6.92 Å². The zero-order valence-electron chi connectivity index (χ0n) is 11.7. The van der Waals surface area contributed by atoms with Gasteiger partial charge in [-0.15, -0.1) is 0 Å². The molecule has 0 atom stereocenters. The van der Waals surface area contributed by atoms with Crippen molar-refractivity contribution in [3.63, 3.8) is 0 Å². The number of aryl methyl sites for hydroxylation is 1. The topological polar surface area (TPSA) is 25.2 Å². The number of fused-ring (bicyclic) bond motifs is 1. The molecule has 0 bridgehead atoms. The van der Waals surface area contributed by atoms with Gasteiger partial charge in [-0.05, 0) is 59.3 Å². The van der Waals surface area contributed by atoms with Gasteiger partial charge in [0, 0.05) is 17.0 Å². The van der Waals surface area contributed by atoms with Crippen molar-refractivity contribution in [3.8, 4) is 0 Å². The molecular weight excluding hydrogens is 302 g/mol. The zero-order valence-corrected chi connectivity index (χ0v) is 13.3. The van der Waals surface area contributed by atoms with E-state index in [1.54, 1.807) is 0 Å². The second-order valence-corrected chi connectivity index (χ2v) is 6.73. The van der Waals surface area contributed by atoms with Crippen LogP contribution < -0.4 is 5.32 Å². The lowest BCUT2D eigenvalue weighted by molar-refractivity contribution is 0.502. The zero-order chi connectivity index (χ0) is 13.6. The average Bonchev–Trinajstić information content (AvgIpc) is 3.07. The largest absolute Gasteiger partial charge is 0.458 e. The van der Waals surface area contributed by atoms with Gasteiger partial charge in [-0.25, -0.2) is 0 Å². The van der Waals surface area contributed by atoms with E-state index >= 15 is 0 Å². The quantitative estimate of drug-likeness (QED) is 0.868. The van der Waals surface area contributed by atoms with Gasteiger partial charge in [0.15, 0.2) is 0 Å². The first-order valence-electron chi connectivity index (χ1n) is 7.01. The Hall–Kier alpha value is -0.800. The van der Waals surface area contributed by atoms with Gasteiger partial charge in [0.05, 0.1) is 11.0 Å². The summed E-state index contributed by atoms with van der Waals surface area (Å²) in [6, 6.07) is 5.06. The second-order valence-electron chi connectivity index (χ2n) is 5.87. The van der Waals surface area contributed by atoms with Gasteiger partial charge in [0.1, 0.15) is 11.3 Å². The van der Waals surface area contributed by atoms with E-state index < -0.39 is 0 Å². The predicted octanol–water partition coefficient (Wildman–Crippen LogP) is 4.88. The van der Waals surface area contributed by atoms with Crippen LogP contribution >= 0.6 is 15.9 Å². The molecule has 3 heteroatoms. The van der Waals surface area contributed by atoms with Crippen molar-refractivity contribution in [3.05, 3.63) is 33.5 Å². The van der Waals surface area contributed by atoms with Crippen LogP contribution in [0.4, 0.5) is 0 Å². The molecule has 3 rings (SSSR count). The van der Waals surface area contributed by atoms with Crippen molar-refractivity contribution < 1.29 is 4.42 Å². The third-order valence-corrected chi connectivity index (χ3v) is 4.30. The van der Waals surface area contributed by atoms with Crippen LogP contribution in [0.1, 0.15) is 49.5 Å². The van der Waals surface area contributed by atoms with E-state index in [-0.39, 0.29) is 0 Å². The third kappa shape index (κ3) is 2.59. The van der Waals surface area contributed by atoms with Crippen LogP contribution in [0.2, 0.25) is 0 Å². The van der Waals surface area contributed by atoms with Gasteiger partial charge in [-0.3, -0.25) is 0 Å². The van der Waals surface area contributed by atoms with Crippen molar-refractivity contribution in [1.29, 1.82) is 0 Å². The minimum Gasteiger partial charge on any atom is -0.458 e. The smallest absolute Gasteiger partial charge is 0.148 e. The maximum Gasteiger partial charge on any atom is 0.148 e. The minimum atomic E-state index is 0.478. The second kappa shape index (κ2) is 4.95. The van der Waals surface area contributed by atoms with Crippen molar-refractivity contribution in [2.45, 2.75) is 52.1 Å². The molecule has 1 N–H and O–H groups in total. The highest BCUT2D eigenvalue weighted by Gasteiger charge is 2.23. The number of benzene rings is 1. The maximum atomic E-state index is 6.12. The molecule has 0 amide bonds. The van der Waals surface area contributed by atoms with E-state index in [1.165, 1.54) is 29.4 Å². The van der Waals surface area contributed by atoms with Gasteiger partial charge in [-0.2, -0.15) is 0 Å². The first kappa shape index (κ1) is 13.2. The molecule has 1 saturated carbocycles. The first-order valence-corrected chi connectivity index (χ1v) is 7.80. The van der Waals surface area contributed by atoms with Crippen molar-refractivity contribution in [2.75, 3.05) is 0 Å². The molecular formula is C16H20BrNO. The maximum absolute atomic E-state index is 6.12. The summed E-state index contributed by atoms with van der Waals surface area (Å²) < 4.78 is 7.17. The van der Waals surface area contributed by atoms with Crippen LogP contribution in [0.5, 0.6) is 0 Å². The summed E-state index contributed by atoms with van der Waals surface area (Å²) in [5.41, 5.74) is 3.61. The van der Waals surface area contributed by atoms with Gasteiger partial charge >= 0.3 is 0 Å². The summed E-state index contributed by atoms with van der Waals surface area (Å²) in [5, 5.41) is 4.81. The molecule has 1 aliphatic rings. The lowest BCUT2D eigenvalue weighted by Gasteiger charge is -2.07. The van der Waals surface area contributed by atoms with Crippen molar-refractivity contribution in [2.24, 2.45) is 0 Å². The Labute approximate surface area is 122 Å². The van der Waals surface area contributed by atoms with Gasteiger partial charge in [0.2, 0.25) is 0 Å². The predicted molar refractivity (Wildman–Crippen MR) is 82.6 cm³/mol. The first-order chi connectivity index (χ1) is 9.06. The van der Waals surface area contributed by atoms with Gasteiger partial charge in [-0.1, -0.05) is 13.8 Å². The molecule has 0 spiro atoms. The number of nitrogens with one attached hydrogen (secondary N) is 1. The fourth-order valence-electron chi connectivity index (χ4n) is 2.65. The molecule has 1 aromatic carbocycles. The molecule has 19 heavy (non-hydrogen) atoms. The summed E-state index contributed by atoms with van der Waals surface area (Å²) in [7, 11) is 0. The fraction of sp³-hybridized carbons (Fsp3) is 0.500. The summed E-state index contributed by atoms with van der Waals surface area (Å²) >= 11 is 3.62. The van der Waals surface area contributed by atoms with Gasteiger partial charge < -0.3 is 9.73 Å². The monoisotopic (exact) mass is 321 g/mol. The minimum absolute atomic E-state index is 0.478. The third-order valence-electron chi connectivity index (χ3n) is 3.71. The number of halogens is 1. The number of hydrogen-bond donors (Lipinski definition) is 1. The van der Waals surface area contributed by atoms with Crippen LogP contribution in [0.3, 0.4) is 0 Å². The lowest BCUT2D eigenvalue weighted by atomic mass is 9.98. The molecule has 1 aromatic heterocycles. The Balaban J connectivity index is 2.08. The Bertz CT molecular complexity index is 611. The average molecular weight is 322 g/mol. The van der Waals surface area contributed by atoms with E-state index in [0.29, 0.717) is 12.0 Å². The molecule has 0 aliphatic heterocycles. The summed E-state index contributed by atoms with van der Waals surface area (Å²) in [5.74, 6) is 1.58. The van der Waals surface area contributed by atoms with Crippen molar-refractivity contribution >= 4 is 26.9 Å². The number of rotatable bonds is 4. The van der Waals surface area contributed by atoms with E-state index in [4.69, 9.17) is 4.42 Å². The summed E-state index contributed by atoms with van der Waals surface area (Å²) in [6.07, 6.45) is 2.61. The highest BCUT2D eigenvalue weighted by atomic mass is 79.9. The molecule has 1 fully saturated rings. The Morgan fingerprint density at radius 1 is 1.37 bits per heavy atom. The normalized spacial score (nSPS) is 15.6. The molecule has 2 aromatic rings. The van der Waals surface area contributed by atoms with Crippen LogP contribution in [-0.2, 0) is 6.54 Å². The number of furan rings is 1. The highest BCUT2D eigenvalue weighted by Crippen LogP contribution is 2.36. The molecule has 102 valence electrons. The van der Waals surface area contributed by atoms with E-state index in [1.807, 2.05) is 0 Å². The molecule has 0 unspecified atom stereocenters. The standard InChI is InChI=1S/C16H20BrNO/c1-9(2)15-12-6-10(3)7-13(17)16(12)19-14(15)8-18-11-4-5-11/h6-7,9,11,18H,4-5,8H2,1-3H3. The SMILES string of the molecule is Cc1cc(Br)c2oc(CNC3CC3)c(C(C)C)c2c1. The fourth-order valence-corrected chi connectivity index (χ4v) is 3.31. The Morgan fingerprint density at radius 3 is 2.74 bits per heavy atom. The number of hydrogen-bond acceptors (Lipinski definition) is 2. The molecule has 1 heterocycles.